The van der Waals surface area contributed by atoms with E-state index < -0.39 is 0 Å². The molecule has 0 unspecified atom stereocenters. The number of thiophene rings is 1. The van der Waals surface area contributed by atoms with Crippen molar-refractivity contribution in [3.8, 4) is 16.2 Å². The van der Waals surface area contributed by atoms with E-state index in [0.29, 0.717) is 18.5 Å². The summed E-state index contributed by atoms with van der Waals surface area (Å²) in [6.45, 7) is 3.19. The second-order valence-electron chi connectivity index (χ2n) is 6.46. The summed E-state index contributed by atoms with van der Waals surface area (Å²) in [4.78, 5) is 19.1. The molecule has 5 heteroatoms. The summed E-state index contributed by atoms with van der Waals surface area (Å²) in [5.41, 5.74) is 2.29. The monoisotopic (exact) mass is 376 g/mol. The van der Waals surface area contributed by atoms with Crippen molar-refractivity contribution >= 4 is 21.6 Å². The van der Waals surface area contributed by atoms with Crippen LogP contribution in [0.1, 0.15) is 12.0 Å². The SMILES string of the molecule is Cc1cccc(OCCCn2cnc3sc(-c4ccccc4)cc3c2=O)c1. The Balaban J connectivity index is 1.46. The molecule has 4 nitrogen and oxygen atoms in total. The summed E-state index contributed by atoms with van der Waals surface area (Å²) in [6.07, 6.45) is 2.39. The fraction of sp³-hybridized carbons (Fsp3) is 0.182. The fourth-order valence-corrected chi connectivity index (χ4v) is 3.99. The van der Waals surface area contributed by atoms with E-state index in [1.165, 1.54) is 5.56 Å². The van der Waals surface area contributed by atoms with Crippen LogP contribution in [0.3, 0.4) is 0 Å². The molecule has 4 aromatic rings. The van der Waals surface area contributed by atoms with Gasteiger partial charge in [-0.2, -0.15) is 0 Å². The first-order valence-corrected chi connectivity index (χ1v) is 9.76. The fourth-order valence-electron chi connectivity index (χ4n) is 2.99. The van der Waals surface area contributed by atoms with Crippen molar-refractivity contribution in [2.24, 2.45) is 0 Å². The molecule has 2 aromatic heterocycles. The summed E-state index contributed by atoms with van der Waals surface area (Å²) in [7, 11) is 0. The van der Waals surface area contributed by atoms with Crippen molar-refractivity contribution in [3.63, 3.8) is 0 Å². The third-order valence-corrected chi connectivity index (χ3v) is 5.47. The van der Waals surface area contributed by atoms with Crippen LogP contribution >= 0.6 is 11.3 Å². The minimum Gasteiger partial charge on any atom is -0.494 e. The minimum atomic E-state index is 0.00832. The van der Waals surface area contributed by atoms with Gasteiger partial charge in [0.1, 0.15) is 10.6 Å². The van der Waals surface area contributed by atoms with Crippen LogP contribution in [0.2, 0.25) is 0 Å². The molecule has 0 N–H and O–H groups in total. The molecular weight excluding hydrogens is 356 g/mol. The highest BCUT2D eigenvalue weighted by Crippen LogP contribution is 2.30. The van der Waals surface area contributed by atoms with Crippen LogP contribution in [-0.4, -0.2) is 16.2 Å². The first-order valence-electron chi connectivity index (χ1n) is 8.94. The summed E-state index contributed by atoms with van der Waals surface area (Å²) >= 11 is 1.55. The van der Waals surface area contributed by atoms with Crippen molar-refractivity contribution < 1.29 is 4.74 Å². The minimum absolute atomic E-state index is 0.00832. The zero-order valence-corrected chi connectivity index (χ0v) is 15.9. The van der Waals surface area contributed by atoms with Crippen molar-refractivity contribution in [1.82, 2.24) is 9.55 Å². The molecule has 2 aromatic carbocycles. The van der Waals surface area contributed by atoms with E-state index in [4.69, 9.17) is 4.74 Å². The lowest BCUT2D eigenvalue weighted by Gasteiger charge is -2.08. The highest BCUT2D eigenvalue weighted by Gasteiger charge is 2.10. The maximum atomic E-state index is 12.8. The quantitative estimate of drug-likeness (QED) is 0.450. The van der Waals surface area contributed by atoms with Crippen LogP contribution in [0.4, 0.5) is 0 Å². The lowest BCUT2D eigenvalue weighted by Crippen LogP contribution is -2.21. The van der Waals surface area contributed by atoms with Gasteiger partial charge >= 0.3 is 0 Å². The molecular formula is C22H20N2O2S. The molecule has 27 heavy (non-hydrogen) atoms. The molecule has 0 radical (unpaired) electrons. The largest absolute Gasteiger partial charge is 0.494 e. The lowest BCUT2D eigenvalue weighted by molar-refractivity contribution is 0.300. The highest BCUT2D eigenvalue weighted by atomic mass is 32.1. The third kappa shape index (κ3) is 3.93. The Kier molecular flexibility index (Phi) is 5.03. The third-order valence-electron chi connectivity index (χ3n) is 4.38. The summed E-state index contributed by atoms with van der Waals surface area (Å²) < 4.78 is 7.43. The maximum Gasteiger partial charge on any atom is 0.262 e. The molecule has 0 bridgehead atoms. The first-order chi connectivity index (χ1) is 13.2. The van der Waals surface area contributed by atoms with Crippen LogP contribution < -0.4 is 10.3 Å². The Morgan fingerprint density at radius 1 is 1.07 bits per heavy atom. The van der Waals surface area contributed by atoms with Crippen LogP contribution in [0.15, 0.2) is 71.8 Å². The van der Waals surface area contributed by atoms with Gasteiger partial charge in [-0.3, -0.25) is 9.36 Å². The smallest absolute Gasteiger partial charge is 0.262 e. The predicted octanol–water partition coefficient (Wildman–Crippen LogP) is 4.90. The second-order valence-corrected chi connectivity index (χ2v) is 7.49. The zero-order chi connectivity index (χ0) is 18.6. The van der Waals surface area contributed by atoms with Crippen LogP contribution in [-0.2, 0) is 6.54 Å². The molecule has 136 valence electrons. The molecule has 2 heterocycles. The van der Waals surface area contributed by atoms with Gasteiger partial charge in [0.2, 0.25) is 0 Å². The van der Waals surface area contributed by atoms with Crippen LogP contribution in [0, 0.1) is 6.92 Å². The predicted molar refractivity (Wildman–Crippen MR) is 111 cm³/mol. The number of rotatable bonds is 6. The summed E-state index contributed by atoms with van der Waals surface area (Å²) in [5, 5.41) is 0.681. The molecule has 0 saturated heterocycles. The number of hydrogen-bond donors (Lipinski definition) is 0. The molecule has 0 aliphatic carbocycles. The van der Waals surface area contributed by atoms with Gasteiger partial charge in [-0.25, -0.2) is 4.98 Å². The van der Waals surface area contributed by atoms with Gasteiger partial charge in [-0.1, -0.05) is 42.5 Å². The topological polar surface area (TPSA) is 44.1 Å². The molecule has 0 aliphatic rings. The second kappa shape index (κ2) is 7.76. The average molecular weight is 376 g/mol. The van der Waals surface area contributed by atoms with E-state index in [-0.39, 0.29) is 5.56 Å². The molecule has 0 fully saturated rings. The number of ether oxygens (including phenoxy) is 1. The lowest BCUT2D eigenvalue weighted by atomic mass is 10.2. The zero-order valence-electron chi connectivity index (χ0n) is 15.1. The van der Waals surface area contributed by atoms with E-state index in [1.54, 1.807) is 22.2 Å². The van der Waals surface area contributed by atoms with Gasteiger partial charge in [0.25, 0.3) is 5.56 Å². The first kappa shape index (κ1) is 17.5. The molecule has 0 atom stereocenters. The summed E-state index contributed by atoms with van der Waals surface area (Å²) in [6, 6.07) is 20.0. The number of benzene rings is 2. The summed E-state index contributed by atoms with van der Waals surface area (Å²) in [5.74, 6) is 0.862. The Hall–Kier alpha value is -2.92. The standard InChI is InChI=1S/C22H20N2O2S/c1-16-7-5-10-18(13-16)26-12-6-11-24-15-23-21-19(22(24)25)14-20(27-21)17-8-3-2-4-9-17/h2-5,7-10,13-15H,6,11-12H2,1H3. The number of fused-ring (bicyclic) bond motifs is 1. The van der Waals surface area contributed by atoms with Crippen molar-refractivity contribution in [2.45, 2.75) is 19.9 Å². The number of hydrogen-bond acceptors (Lipinski definition) is 4. The Labute approximate surface area is 161 Å². The van der Waals surface area contributed by atoms with E-state index in [1.807, 2.05) is 67.6 Å². The van der Waals surface area contributed by atoms with Crippen molar-refractivity contribution in [2.75, 3.05) is 6.61 Å². The maximum absolute atomic E-state index is 12.8. The van der Waals surface area contributed by atoms with Crippen LogP contribution in [0.5, 0.6) is 5.75 Å². The van der Waals surface area contributed by atoms with Crippen molar-refractivity contribution in [1.29, 1.82) is 0 Å². The van der Waals surface area contributed by atoms with E-state index in [0.717, 1.165) is 27.4 Å². The molecule has 4 rings (SSSR count). The molecule has 0 aliphatic heterocycles. The van der Waals surface area contributed by atoms with Gasteiger partial charge < -0.3 is 4.74 Å². The Bertz CT molecular complexity index is 1120. The highest BCUT2D eigenvalue weighted by molar-refractivity contribution is 7.21. The van der Waals surface area contributed by atoms with E-state index >= 15 is 0 Å². The average Bonchev–Trinajstić information content (AvgIpc) is 3.13. The Morgan fingerprint density at radius 2 is 1.93 bits per heavy atom. The number of aryl methyl sites for hydroxylation is 2. The van der Waals surface area contributed by atoms with Gasteiger partial charge in [0.05, 0.1) is 18.3 Å². The van der Waals surface area contributed by atoms with E-state index in [2.05, 4.69) is 4.98 Å². The molecule has 0 saturated carbocycles. The number of nitrogens with zero attached hydrogens (tertiary/aromatic N) is 2. The van der Waals surface area contributed by atoms with Gasteiger partial charge in [0, 0.05) is 11.4 Å². The normalized spacial score (nSPS) is 11.0. The van der Waals surface area contributed by atoms with E-state index in [9.17, 15) is 4.79 Å². The molecule has 0 spiro atoms. The van der Waals surface area contributed by atoms with Crippen LogP contribution in [0.25, 0.3) is 20.7 Å². The Morgan fingerprint density at radius 3 is 2.74 bits per heavy atom. The van der Waals surface area contributed by atoms with Gasteiger partial charge in [-0.05, 0) is 42.7 Å². The molecule has 0 amide bonds. The number of aromatic nitrogens is 2. The van der Waals surface area contributed by atoms with Gasteiger partial charge in [0.15, 0.2) is 0 Å². The van der Waals surface area contributed by atoms with Gasteiger partial charge in [-0.15, -0.1) is 11.3 Å². The van der Waals surface area contributed by atoms with Crippen molar-refractivity contribution in [3.05, 3.63) is 82.9 Å².